The maximum atomic E-state index is 13.1. The molecule has 0 bridgehead atoms. The highest BCUT2D eigenvalue weighted by molar-refractivity contribution is 6.30. The molecule has 24 heavy (non-hydrogen) atoms. The number of halogens is 1. The molecular weight excluding hydrogens is 324 g/mol. The van der Waals surface area contributed by atoms with E-state index in [1.54, 1.807) is 12.4 Å². The average molecular weight is 343 g/mol. The van der Waals surface area contributed by atoms with E-state index in [2.05, 4.69) is 4.98 Å². The smallest absolute Gasteiger partial charge is 0.229 e. The summed E-state index contributed by atoms with van der Waals surface area (Å²) in [6.45, 7) is 1.25. The minimum absolute atomic E-state index is 0.140. The van der Waals surface area contributed by atoms with Gasteiger partial charge < -0.3 is 9.64 Å². The van der Waals surface area contributed by atoms with Gasteiger partial charge in [0.1, 0.15) is 12.4 Å². The van der Waals surface area contributed by atoms with Crippen molar-refractivity contribution in [3.8, 4) is 5.75 Å². The molecule has 0 radical (unpaired) electrons. The number of pyridine rings is 1. The van der Waals surface area contributed by atoms with E-state index in [0.29, 0.717) is 18.1 Å². The fraction of sp³-hybridized carbons (Fsp3) is 0.368. The van der Waals surface area contributed by atoms with E-state index < -0.39 is 0 Å². The van der Waals surface area contributed by atoms with Crippen LogP contribution < -0.4 is 4.74 Å². The molecule has 1 fully saturated rings. The Morgan fingerprint density at radius 3 is 2.92 bits per heavy atom. The van der Waals surface area contributed by atoms with Crippen molar-refractivity contribution >= 4 is 17.5 Å². The summed E-state index contributed by atoms with van der Waals surface area (Å²) in [5, 5.41) is 0.682. The first-order valence-electron chi connectivity index (χ1n) is 8.34. The number of benzene rings is 1. The Bertz CT molecular complexity index is 750. The minimum Gasteiger partial charge on any atom is -0.492 e. The quantitative estimate of drug-likeness (QED) is 0.836. The molecule has 0 aliphatic carbocycles. The van der Waals surface area contributed by atoms with Crippen LogP contribution in [0, 0.1) is 5.92 Å². The molecule has 2 aromatic rings. The van der Waals surface area contributed by atoms with Crippen molar-refractivity contribution in [1.29, 1.82) is 0 Å². The Labute approximate surface area is 146 Å². The van der Waals surface area contributed by atoms with Gasteiger partial charge in [0.2, 0.25) is 5.91 Å². The monoisotopic (exact) mass is 342 g/mol. The highest BCUT2D eigenvalue weighted by Gasteiger charge is 2.36. The van der Waals surface area contributed by atoms with Crippen molar-refractivity contribution in [3.05, 3.63) is 58.9 Å². The van der Waals surface area contributed by atoms with Crippen LogP contribution in [0.4, 0.5) is 0 Å². The van der Waals surface area contributed by atoms with E-state index in [1.165, 1.54) is 0 Å². The first-order chi connectivity index (χ1) is 11.7. The van der Waals surface area contributed by atoms with Crippen LogP contribution in [0.5, 0.6) is 5.75 Å². The fourth-order valence-corrected chi connectivity index (χ4v) is 3.91. The summed E-state index contributed by atoms with van der Waals surface area (Å²) < 4.78 is 5.80. The highest BCUT2D eigenvalue weighted by Crippen LogP contribution is 2.35. The average Bonchev–Trinajstić information content (AvgIpc) is 3.11. The van der Waals surface area contributed by atoms with Gasteiger partial charge >= 0.3 is 0 Å². The Hall–Kier alpha value is -2.07. The molecule has 4 rings (SSSR count). The zero-order chi connectivity index (χ0) is 16.5. The maximum Gasteiger partial charge on any atom is 0.229 e. The van der Waals surface area contributed by atoms with Crippen LogP contribution in [0.15, 0.2) is 42.7 Å². The summed E-state index contributed by atoms with van der Waals surface area (Å²) in [5.41, 5.74) is 2.18. The van der Waals surface area contributed by atoms with E-state index in [4.69, 9.17) is 16.3 Å². The summed E-state index contributed by atoms with van der Waals surface area (Å²) in [5.74, 6) is 0.883. The third-order valence-electron chi connectivity index (χ3n) is 4.90. The lowest BCUT2D eigenvalue weighted by atomic mass is 9.94. The van der Waals surface area contributed by atoms with Crippen LogP contribution in [0.3, 0.4) is 0 Å². The SMILES string of the molecule is O=C([C@@H]1COc2ccc(Cl)cc2C1)N1CCC[C@H]1c1ccncc1. The number of carbonyl (C=O) groups is 1. The van der Waals surface area contributed by atoms with Crippen LogP contribution in [0.1, 0.15) is 30.0 Å². The molecule has 1 aromatic carbocycles. The predicted octanol–water partition coefficient (Wildman–Crippen LogP) is 3.65. The summed E-state index contributed by atoms with van der Waals surface area (Å²) in [6, 6.07) is 9.77. The standard InChI is InChI=1S/C19H19ClN2O2/c20-16-3-4-18-14(11-16)10-15(12-24-18)19(23)22-9-1-2-17(22)13-5-7-21-8-6-13/h3-8,11,15,17H,1-2,9-10,12H2/t15-,17-/m0/s1. The van der Waals surface area contributed by atoms with Gasteiger partial charge in [-0.2, -0.15) is 0 Å². The first kappa shape index (κ1) is 15.5. The van der Waals surface area contributed by atoms with Crippen LogP contribution in [0.25, 0.3) is 0 Å². The molecule has 0 spiro atoms. The molecule has 2 aliphatic rings. The minimum atomic E-state index is -0.140. The Balaban J connectivity index is 1.53. The normalized spacial score (nSPS) is 22.8. The topological polar surface area (TPSA) is 42.4 Å². The molecule has 4 nitrogen and oxygen atoms in total. The Kier molecular flexibility index (Phi) is 4.15. The van der Waals surface area contributed by atoms with Gasteiger partial charge in [0.05, 0.1) is 12.0 Å². The van der Waals surface area contributed by atoms with Crippen LogP contribution in [-0.2, 0) is 11.2 Å². The van der Waals surface area contributed by atoms with E-state index >= 15 is 0 Å². The molecule has 1 aromatic heterocycles. The third kappa shape index (κ3) is 2.86. The lowest BCUT2D eigenvalue weighted by Gasteiger charge is -2.31. The summed E-state index contributed by atoms with van der Waals surface area (Å²) in [6.07, 6.45) is 6.31. The van der Waals surface area contributed by atoms with Crippen molar-refractivity contribution < 1.29 is 9.53 Å². The van der Waals surface area contributed by atoms with Crippen LogP contribution in [-0.4, -0.2) is 28.9 Å². The van der Waals surface area contributed by atoms with Gasteiger partial charge in [0, 0.05) is 24.0 Å². The predicted molar refractivity (Wildman–Crippen MR) is 92.1 cm³/mol. The molecule has 3 heterocycles. The molecule has 0 saturated carbocycles. The number of ether oxygens (including phenoxy) is 1. The number of hydrogen-bond donors (Lipinski definition) is 0. The number of likely N-dealkylation sites (tertiary alicyclic amines) is 1. The second-order valence-corrected chi connectivity index (χ2v) is 6.87. The number of hydrogen-bond acceptors (Lipinski definition) is 3. The van der Waals surface area contributed by atoms with Crippen molar-refractivity contribution in [2.45, 2.75) is 25.3 Å². The second-order valence-electron chi connectivity index (χ2n) is 6.43. The lowest BCUT2D eigenvalue weighted by molar-refractivity contribution is -0.137. The maximum absolute atomic E-state index is 13.1. The van der Waals surface area contributed by atoms with Gasteiger partial charge in [0.15, 0.2) is 0 Å². The van der Waals surface area contributed by atoms with Crippen LogP contribution >= 0.6 is 11.6 Å². The van der Waals surface area contributed by atoms with E-state index in [-0.39, 0.29) is 17.9 Å². The summed E-state index contributed by atoms with van der Waals surface area (Å²) in [4.78, 5) is 19.2. The fourth-order valence-electron chi connectivity index (χ4n) is 3.72. The van der Waals surface area contributed by atoms with Crippen LogP contribution in [0.2, 0.25) is 5.02 Å². The molecule has 124 valence electrons. The van der Waals surface area contributed by atoms with Crippen molar-refractivity contribution in [3.63, 3.8) is 0 Å². The van der Waals surface area contributed by atoms with Gasteiger partial charge in [-0.3, -0.25) is 9.78 Å². The molecule has 1 amide bonds. The number of aromatic nitrogens is 1. The van der Waals surface area contributed by atoms with E-state index in [1.807, 2.05) is 35.2 Å². The largest absolute Gasteiger partial charge is 0.492 e. The van der Waals surface area contributed by atoms with Crippen molar-refractivity contribution in [2.75, 3.05) is 13.2 Å². The van der Waals surface area contributed by atoms with Gasteiger partial charge in [0.25, 0.3) is 0 Å². The molecule has 0 unspecified atom stereocenters. The van der Waals surface area contributed by atoms with Gasteiger partial charge in [-0.1, -0.05) is 11.6 Å². The number of amides is 1. The highest BCUT2D eigenvalue weighted by atomic mass is 35.5. The molecule has 5 heteroatoms. The van der Waals surface area contributed by atoms with Crippen molar-refractivity contribution in [1.82, 2.24) is 9.88 Å². The first-order valence-corrected chi connectivity index (χ1v) is 8.72. The molecule has 2 aliphatic heterocycles. The molecule has 1 saturated heterocycles. The van der Waals surface area contributed by atoms with Gasteiger partial charge in [-0.05, 0) is 60.7 Å². The zero-order valence-electron chi connectivity index (χ0n) is 13.3. The molecule has 0 N–H and O–H groups in total. The number of carbonyl (C=O) groups excluding carboxylic acids is 1. The Morgan fingerprint density at radius 2 is 2.08 bits per heavy atom. The summed E-state index contributed by atoms with van der Waals surface area (Å²) in [7, 11) is 0. The lowest BCUT2D eigenvalue weighted by Crippen LogP contribution is -2.40. The molecular formula is C19H19ClN2O2. The van der Waals surface area contributed by atoms with Gasteiger partial charge in [-0.25, -0.2) is 0 Å². The van der Waals surface area contributed by atoms with Crippen molar-refractivity contribution in [2.24, 2.45) is 5.92 Å². The number of nitrogens with zero attached hydrogens (tertiary/aromatic N) is 2. The number of fused-ring (bicyclic) bond motifs is 1. The van der Waals surface area contributed by atoms with E-state index in [9.17, 15) is 4.79 Å². The zero-order valence-corrected chi connectivity index (χ0v) is 14.1. The third-order valence-corrected chi connectivity index (χ3v) is 5.14. The summed E-state index contributed by atoms with van der Waals surface area (Å²) >= 11 is 6.08. The Morgan fingerprint density at radius 1 is 1.25 bits per heavy atom. The van der Waals surface area contributed by atoms with Gasteiger partial charge in [-0.15, -0.1) is 0 Å². The second kappa shape index (κ2) is 6.44. The van der Waals surface area contributed by atoms with E-state index in [0.717, 1.165) is 36.3 Å². The number of rotatable bonds is 2. The molecule has 2 atom stereocenters.